The van der Waals surface area contributed by atoms with E-state index in [2.05, 4.69) is 0 Å². The van der Waals surface area contributed by atoms with E-state index in [-0.39, 0.29) is 6.61 Å². The molecule has 1 unspecified atom stereocenters. The van der Waals surface area contributed by atoms with E-state index in [0.717, 1.165) is 12.8 Å². The van der Waals surface area contributed by atoms with Crippen LogP contribution in [0.5, 0.6) is 0 Å². The molecule has 8 heteroatoms. The van der Waals surface area contributed by atoms with Crippen LogP contribution in [0.3, 0.4) is 0 Å². The van der Waals surface area contributed by atoms with Crippen molar-refractivity contribution in [3.05, 3.63) is 71.3 Å². The van der Waals surface area contributed by atoms with Crippen molar-refractivity contribution in [1.82, 2.24) is 4.90 Å². The summed E-state index contributed by atoms with van der Waals surface area (Å²) >= 11 is 0. The van der Waals surface area contributed by atoms with Gasteiger partial charge >= 0.3 is 5.97 Å². The van der Waals surface area contributed by atoms with Crippen LogP contribution in [0.2, 0.25) is 0 Å². The Morgan fingerprint density at radius 1 is 0.912 bits per heavy atom. The SMILES string of the molecule is C[C@H]1OC[C@H](N2C(=O)c3ccccc3C2=O)[C@@H](OC2CCCCO2)[C@@H]1OC(=O)c1ccccc1. The lowest BCUT2D eigenvalue weighted by molar-refractivity contribution is -0.249. The third-order valence-electron chi connectivity index (χ3n) is 6.55. The van der Waals surface area contributed by atoms with Crippen LogP contribution in [0, 0.1) is 0 Å². The van der Waals surface area contributed by atoms with Crippen molar-refractivity contribution in [2.75, 3.05) is 13.2 Å². The number of carbonyl (C=O) groups is 3. The molecule has 0 bridgehead atoms. The fraction of sp³-hybridized carbons (Fsp3) is 0.423. The highest BCUT2D eigenvalue weighted by Crippen LogP contribution is 2.33. The Bertz CT molecular complexity index is 1030. The number of hydrogen-bond donors (Lipinski definition) is 0. The van der Waals surface area contributed by atoms with Crippen molar-refractivity contribution in [1.29, 1.82) is 0 Å². The maximum absolute atomic E-state index is 13.2. The summed E-state index contributed by atoms with van der Waals surface area (Å²) in [6, 6.07) is 14.6. The number of imide groups is 1. The number of amides is 2. The molecule has 0 spiro atoms. The number of ether oxygens (including phenoxy) is 4. The maximum Gasteiger partial charge on any atom is 0.338 e. The van der Waals surface area contributed by atoms with Gasteiger partial charge in [-0.3, -0.25) is 14.5 Å². The molecule has 0 saturated carbocycles. The van der Waals surface area contributed by atoms with Gasteiger partial charge in [0.2, 0.25) is 0 Å². The van der Waals surface area contributed by atoms with Crippen LogP contribution in [-0.4, -0.2) is 66.5 Å². The lowest BCUT2D eigenvalue weighted by Crippen LogP contribution is -2.62. The Morgan fingerprint density at radius 3 is 2.24 bits per heavy atom. The molecule has 0 N–H and O–H groups in total. The molecule has 3 aliphatic heterocycles. The minimum atomic E-state index is -0.846. The first-order valence-electron chi connectivity index (χ1n) is 11.7. The highest BCUT2D eigenvalue weighted by molar-refractivity contribution is 6.21. The molecule has 5 rings (SSSR count). The molecule has 2 saturated heterocycles. The number of benzene rings is 2. The normalized spacial score (nSPS) is 29.1. The molecule has 0 aliphatic carbocycles. The Kier molecular flexibility index (Phi) is 6.45. The molecule has 2 amide bonds. The minimum Gasteiger partial charge on any atom is -0.453 e. The molecule has 3 heterocycles. The molecule has 178 valence electrons. The summed E-state index contributed by atoms with van der Waals surface area (Å²) in [5, 5.41) is 0. The number of carbonyl (C=O) groups excluding carboxylic acids is 3. The molecular weight excluding hydrogens is 438 g/mol. The smallest absolute Gasteiger partial charge is 0.338 e. The Hall–Kier alpha value is -3.07. The summed E-state index contributed by atoms with van der Waals surface area (Å²) in [6.45, 7) is 2.43. The van der Waals surface area contributed by atoms with Crippen molar-refractivity contribution < 1.29 is 33.3 Å². The van der Waals surface area contributed by atoms with Gasteiger partial charge in [0.1, 0.15) is 6.10 Å². The molecule has 0 radical (unpaired) electrons. The van der Waals surface area contributed by atoms with E-state index < -0.39 is 48.4 Å². The number of fused-ring (bicyclic) bond motifs is 1. The fourth-order valence-corrected chi connectivity index (χ4v) is 4.75. The minimum absolute atomic E-state index is 0.0728. The average molecular weight is 466 g/mol. The van der Waals surface area contributed by atoms with E-state index >= 15 is 0 Å². The molecular formula is C26H27NO7. The Labute approximate surface area is 197 Å². The molecule has 34 heavy (non-hydrogen) atoms. The van der Waals surface area contributed by atoms with Crippen molar-refractivity contribution in [2.24, 2.45) is 0 Å². The van der Waals surface area contributed by atoms with Crippen molar-refractivity contribution in [3.63, 3.8) is 0 Å². The van der Waals surface area contributed by atoms with Crippen LogP contribution in [-0.2, 0) is 18.9 Å². The van der Waals surface area contributed by atoms with Gasteiger partial charge in [0.05, 0.1) is 35.4 Å². The Balaban J connectivity index is 1.46. The summed E-state index contributed by atoms with van der Waals surface area (Å²) in [4.78, 5) is 40.6. The van der Waals surface area contributed by atoms with Crippen LogP contribution >= 0.6 is 0 Å². The van der Waals surface area contributed by atoms with Crippen molar-refractivity contribution in [3.8, 4) is 0 Å². The van der Waals surface area contributed by atoms with Gasteiger partial charge in [0.25, 0.3) is 11.8 Å². The van der Waals surface area contributed by atoms with Gasteiger partial charge in [0, 0.05) is 6.61 Å². The van der Waals surface area contributed by atoms with Crippen molar-refractivity contribution in [2.45, 2.75) is 56.8 Å². The van der Waals surface area contributed by atoms with Gasteiger partial charge in [-0.05, 0) is 50.5 Å². The van der Waals surface area contributed by atoms with E-state index in [0.29, 0.717) is 29.7 Å². The van der Waals surface area contributed by atoms with E-state index in [1.807, 2.05) is 6.07 Å². The van der Waals surface area contributed by atoms with Gasteiger partial charge in [-0.1, -0.05) is 30.3 Å². The van der Waals surface area contributed by atoms with E-state index in [1.165, 1.54) is 4.90 Å². The fourth-order valence-electron chi connectivity index (χ4n) is 4.75. The monoisotopic (exact) mass is 465 g/mol. The number of esters is 1. The first-order valence-corrected chi connectivity index (χ1v) is 11.7. The largest absolute Gasteiger partial charge is 0.453 e. The number of rotatable bonds is 5. The van der Waals surface area contributed by atoms with Gasteiger partial charge in [-0.15, -0.1) is 0 Å². The standard InChI is InChI=1S/C26H27NO7/c1-16-22(34-26(30)17-9-3-2-4-10-17)23(33-21-13-7-8-14-31-21)20(15-32-16)27-24(28)18-11-5-6-12-19(18)25(27)29/h2-6,9-12,16,20-23H,7-8,13-15H2,1H3/t16-,20+,21?,22-,23-/m1/s1. The first-order chi connectivity index (χ1) is 16.5. The van der Waals surface area contributed by atoms with Gasteiger partial charge in [-0.25, -0.2) is 4.79 Å². The summed E-state index contributed by atoms with van der Waals surface area (Å²) in [7, 11) is 0. The highest BCUT2D eigenvalue weighted by Gasteiger charge is 2.51. The second kappa shape index (κ2) is 9.66. The summed E-state index contributed by atoms with van der Waals surface area (Å²) < 4.78 is 23.9. The molecule has 2 aromatic carbocycles. The molecule has 2 aromatic rings. The molecule has 3 aliphatic rings. The predicted molar refractivity (Wildman–Crippen MR) is 120 cm³/mol. The van der Waals surface area contributed by atoms with E-state index in [4.69, 9.17) is 18.9 Å². The van der Waals surface area contributed by atoms with E-state index in [9.17, 15) is 14.4 Å². The number of hydrogen-bond acceptors (Lipinski definition) is 7. The second-order valence-electron chi connectivity index (χ2n) is 8.76. The molecule has 2 fully saturated rings. The molecule has 5 atom stereocenters. The average Bonchev–Trinajstić information content (AvgIpc) is 3.12. The zero-order chi connectivity index (χ0) is 23.7. The van der Waals surface area contributed by atoms with Gasteiger partial charge in [-0.2, -0.15) is 0 Å². The van der Waals surface area contributed by atoms with E-state index in [1.54, 1.807) is 55.5 Å². The molecule has 0 aromatic heterocycles. The quantitative estimate of drug-likeness (QED) is 0.495. The topological polar surface area (TPSA) is 91.4 Å². The van der Waals surface area contributed by atoms with Crippen LogP contribution in [0.25, 0.3) is 0 Å². The third kappa shape index (κ3) is 4.24. The van der Waals surface area contributed by atoms with Crippen molar-refractivity contribution >= 4 is 17.8 Å². The van der Waals surface area contributed by atoms with Crippen LogP contribution in [0.1, 0.15) is 57.3 Å². The van der Waals surface area contributed by atoms with Crippen LogP contribution in [0.15, 0.2) is 54.6 Å². The Morgan fingerprint density at radius 2 is 1.59 bits per heavy atom. The van der Waals surface area contributed by atoms with Crippen LogP contribution in [0.4, 0.5) is 0 Å². The van der Waals surface area contributed by atoms with Gasteiger partial charge in [0.15, 0.2) is 12.4 Å². The summed E-state index contributed by atoms with van der Waals surface area (Å²) in [6.07, 6.45) is -0.108. The zero-order valence-corrected chi connectivity index (χ0v) is 18.9. The first kappa shape index (κ1) is 22.7. The lowest BCUT2D eigenvalue weighted by atomic mass is 9.96. The lowest BCUT2D eigenvalue weighted by Gasteiger charge is -2.44. The predicted octanol–water partition coefficient (Wildman–Crippen LogP) is 3.21. The summed E-state index contributed by atoms with van der Waals surface area (Å²) in [5.41, 5.74) is 1.08. The highest BCUT2D eigenvalue weighted by atomic mass is 16.7. The summed E-state index contributed by atoms with van der Waals surface area (Å²) in [5.74, 6) is -1.34. The maximum atomic E-state index is 13.2. The number of nitrogens with zero attached hydrogens (tertiary/aromatic N) is 1. The molecule has 8 nitrogen and oxygen atoms in total. The second-order valence-corrected chi connectivity index (χ2v) is 8.76. The zero-order valence-electron chi connectivity index (χ0n) is 18.9. The van der Waals surface area contributed by atoms with Crippen LogP contribution < -0.4 is 0 Å². The van der Waals surface area contributed by atoms with Gasteiger partial charge < -0.3 is 18.9 Å². The third-order valence-corrected chi connectivity index (χ3v) is 6.55.